The van der Waals surface area contributed by atoms with Crippen LogP contribution in [0.4, 0.5) is 0 Å². The van der Waals surface area contributed by atoms with Gasteiger partial charge in [0.05, 0.1) is 13.2 Å². The van der Waals surface area contributed by atoms with Gasteiger partial charge in [-0.25, -0.2) is 0 Å². The van der Waals surface area contributed by atoms with Gasteiger partial charge in [0.25, 0.3) is 0 Å². The fourth-order valence-corrected chi connectivity index (χ4v) is 4.13. The van der Waals surface area contributed by atoms with Crippen molar-refractivity contribution in [3.63, 3.8) is 0 Å². The SMILES string of the molecule is COc1ccc([C@H]2CNC/C(=C/c3ccncc3)C2)cc1OC1CCCC1. The molecule has 0 radical (unpaired) electrons. The normalized spacial score (nSPS) is 22.1. The highest BCUT2D eigenvalue weighted by Gasteiger charge is 2.22. The molecular weight excluding hydrogens is 336 g/mol. The second-order valence-corrected chi connectivity index (χ2v) is 7.55. The van der Waals surface area contributed by atoms with E-state index in [1.165, 1.54) is 29.5 Å². The summed E-state index contributed by atoms with van der Waals surface area (Å²) in [4.78, 5) is 4.10. The minimum Gasteiger partial charge on any atom is -0.493 e. The summed E-state index contributed by atoms with van der Waals surface area (Å²) in [5.41, 5.74) is 3.95. The Morgan fingerprint density at radius 2 is 1.89 bits per heavy atom. The molecule has 0 bridgehead atoms. The smallest absolute Gasteiger partial charge is 0.161 e. The van der Waals surface area contributed by atoms with Crippen molar-refractivity contribution in [1.82, 2.24) is 10.3 Å². The van der Waals surface area contributed by atoms with E-state index in [2.05, 4.69) is 46.7 Å². The number of piperidine rings is 1. The van der Waals surface area contributed by atoms with Crippen LogP contribution in [0, 0.1) is 0 Å². The van der Waals surface area contributed by atoms with E-state index < -0.39 is 0 Å². The molecule has 1 saturated carbocycles. The molecule has 27 heavy (non-hydrogen) atoms. The molecule has 4 nitrogen and oxygen atoms in total. The largest absolute Gasteiger partial charge is 0.493 e. The summed E-state index contributed by atoms with van der Waals surface area (Å²) in [6.07, 6.45) is 12.2. The molecule has 2 fully saturated rings. The Balaban J connectivity index is 1.52. The summed E-state index contributed by atoms with van der Waals surface area (Å²) in [6, 6.07) is 10.5. The van der Waals surface area contributed by atoms with Crippen LogP contribution in [0.25, 0.3) is 6.08 Å². The van der Waals surface area contributed by atoms with E-state index in [-0.39, 0.29) is 0 Å². The lowest BCUT2D eigenvalue weighted by Gasteiger charge is -2.27. The second-order valence-electron chi connectivity index (χ2n) is 7.55. The standard InChI is InChI=1S/C23H28N2O2/c1-26-22-7-6-19(14-23(22)27-21-4-2-3-5-21)20-13-18(15-25-16-20)12-17-8-10-24-11-9-17/h6-12,14,20-21,25H,2-5,13,15-16H2,1H3/b18-12+/t20-/m1/s1. The first kappa shape index (κ1) is 18.1. The summed E-state index contributed by atoms with van der Waals surface area (Å²) in [5, 5.41) is 3.57. The van der Waals surface area contributed by atoms with E-state index in [0.29, 0.717) is 12.0 Å². The number of ether oxygens (including phenoxy) is 2. The molecule has 1 aromatic carbocycles. The van der Waals surface area contributed by atoms with Gasteiger partial charge in [-0.2, -0.15) is 0 Å². The molecule has 1 N–H and O–H groups in total. The van der Waals surface area contributed by atoms with Crippen molar-refractivity contribution >= 4 is 6.08 Å². The summed E-state index contributed by atoms with van der Waals surface area (Å²) in [6.45, 7) is 1.93. The maximum absolute atomic E-state index is 6.28. The number of benzene rings is 1. The van der Waals surface area contributed by atoms with Gasteiger partial charge in [-0.05, 0) is 67.5 Å². The van der Waals surface area contributed by atoms with Gasteiger partial charge in [0.15, 0.2) is 11.5 Å². The lowest BCUT2D eigenvalue weighted by Crippen LogP contribution is -2.30. The fourth-order valence-electron chi connectivity index (χ4n) is 4.13. The predicted molar refractivity (Wildman–Crippen MR) is 108 cm³/mol. The highest BCUT2D eigenvalue weighted by Crippen LogP contribution is 2.36. The second kappa shape index (κ2) is 8.57. The molecule has 0 unspecified atom stereocenters. The first-order valence-electron chi connectivity index (χ1n) is 9.96. The molecule has 1 aliphatic carbocycles. The van der Waals surface area contributed by atoms with Gasteiger partial charge >= 0.3 is 0 Å². The Kier molecular flexibility index (Phi) is 5.73. The van der Waals surface area contributed by atoms with Crippen molar-refractivity contribution in [2.24, 2.45) is 0 Å². The number of nitrogens with zero attached hydrogens (tertiary/aromatic N) is 1. The third kappa shape index (κ3) is 4.51. The summed E-state index contributed by atoms with van der Waals surface area (Å²) < 4.78 is 11.8. The highest BCUT2D eigenvalue weighted by molar-refractivity contribution is 5.53. The molecule has 1 aromatic heterocycles. The van der Waals surface area contributed by atoms with Crippen LogP contribution in [-0.2, 0) is 0 Å². The van der Waals surface area contributed by atoms with E-state index in [1.807, 2.05) is 12.4 Å². The lowest BCUT2D eigenvalue weighted by atomic mass is 9.88. The van der Waals surface area contributed by atoms with E-state index in [1.54, 1.807) is 7.11 Å². The van der Waals surface area contributed by atoms with Gasteiger partial charge in [0.1, 0.15) is 0 Å². The van der Waals surface area contributed by atoms with E-state index in [4.69, 9.17) is 9.47 Å². The van der Waals surface area contributed by atoms with Crippen molar-refractivity contribution in [2.75, 3.05) is 20.2 Å². The number of rotatable bonds is 5. The van der Waals surface area contributed by atoms with Crippen LogP contribution in [0.5, 0.6) is 11.5 Å². The van der Waals surface area contributed by atoms with E-state index in [9.17, 15) is 0 Å². The van der Waals surface area contributed by atoms with Crippen molar-refractivity contribution in [3.05, 3.63) is 59.4 Å². The zero-order valence-electron chi connectivity index (χ0n) is 16.0. The molecule has 1 atom stereocenters. The molecule has 1 aliphatic heterocycles. The Labute approximate surface area is 161 Å². The van der Waals surface area contributed by atoms with Crippen LogP contribution in [0.1, 0.15) is 49.1 Å². The molecule has 2 aromatic rings. The lowest BCUT2D eigenvalue weighted by molar-refractivity contribution is 0.200. The van der Waals surface area contributed by atoms with Gasteiger partial charge < -0.3 is 14.8 Å². The van der Waals surface area contributed by atoms with Gasteiger partial charge in [0.2, 0.25) is 0 Å². The van der Waals surface area contributed by atoms with Gasteiger partial charge in [-0.1, -0.05) is 17.7 Å². The zero-order chi connectivity index (χ0) is 18.5. The van der Waals surface area contributed by atoms with E-state index >= 15 is 0 Å². The minimum absolute atomic E-state index is 0.334. The Bertz CT molecular complexity index is 782. The summed E-state index contributed by atoms with van der Waals surface area (Å²) in [5.74, 6) is 2.18. The van der Waals surface area contributed by atoms with Gasteiger partial charge in [-0.3, -0.25) is 4.98 Å². The number of pyridine rings is 1. The Hall–Kier alpha value is -2.33. The quantitative estimate of drug-likeness (QED) is 0.844. The Morgan fingerprint density at radius 3 is 2.67 bits per heavy atom. The maximum Gasteiger partial charge on any atom is 0.161 e. The first-order chi connectivity index (χ1) is 13.3. The molecule has 0 spiro atoms. The van der Waals surface area contributed by atoms with Gasteiger partial charge in [-0.15, -0.1) is 0 Å². The van der Waals surface area contributed by atoms with Crippen molar-refractivity contribution in [1.29, 1.82) is 0 Å². The number of nitrogens with one attached hydrogen (secondary N) is 1. The molecule has 2 aliphatic rings. The van der Waals surface area contributed by atoms with Crippen molar-refractivity contribution in [3.8, 4) is 11.5 Å². The van der Waals surface area contributed by atoms with E-state index in [0.717, 1.165) is 43.9 Å². The highest BCUT2D eigenvalue weighted by atomic mass is 16.5. The summed E-state index contributed by atoms with van der Waals surface area (Å²) in [7, 11) is 1.72. The minimum atomic E-state index is 0.334. The number of hydrogen-bond acceptors (Lipinski definition) is 4. The van der Waals surface area contributed by atoms with Crippen LogP contribution in [0.2, 0.25) is 0 Å². The number of aromatic nitrogens is 1. The molecule has 4 heteroatoms. The maximum atomic E-state index is 6.28. The third-order valence-corrected chi connectivity index (χ3v) is 5.58. The zero-order valence-corrected chi connectivity index (χ0v) is 16.0. The van der Waals surface area contributed by atoms with Crippen LogP contribution in [0.3, 0.4) is 0 Å². The molecule has 4 rings (SSSR count). The van der Waals surface area contributed by atoms with Crippen LogP contribution in [-0.4, -0.2) is 31.3 Å². The van der Waals surface area contributed by atoms with Crippen LogP contribution in [0.15, 0.2) is 48.3 Å². The molecular formula is C23H28N2O2. The molecule has 2 heterocycles. The van der Waals surface area contributed by atoms with Crippen molar-refractivity contribution in [2.45, 2.75) is 44.1 Å². The number of methoxy groups -OCH3 is 1. The molecule has 142 valence electrons. The molecule has 0 amide bonds. The Morgan fingerprint density at radius 1 is 1.07 bits per heavy atom. The fraction of sp³-hybridized carbons (Fsp3) is 0.435. The average molecular weight is 364 g/mol. The number of hydrogen-bond donors (Lipinski definition) is 1. The summed E-state index contributed by atoms with van der Waals surface area (Å²) >= 11 is 0. The third-order valence-electron chi connectivity index (χ3n) is 5.58. The first-order valence-corrected chi connectivity index (χ1v) is 9.96. The van der Waals surface area contributed by atoms with Crippen molar-refractivity contribution < 1.29 is 9.47 Å². The topological polar surface area (TPSA) is 43.4 Å². The van der Waals surface area contributed by atoms with Crippen LogP contribution >= 0.6 is 0 Å². The van der Waals surface area contributed by atoms with Crippen LogP contribution < -0.4 is 14.8 Å². The monoisotopic (exact) mass is 364 g/mol. The predicted octanol–water partition coefficient (Wildman–Crippen LogP) is 4.57. The molecule has 1 saturated heterocycles. The van der Waals surface area contributed by atoms with Gasteiger partial charge in [0, 0.05) is 31.4 Å². The average Bonchev–Trinajstić information content (AvgIpc) is 3.22.